The quantitative estimate of drug-likeness (QED) is 0.269. The molecular formula is C40H46N4. The van der Waals surface area contributed by atoms with Gasteiger partial charge in [-0.3, -0.25) is 15.0 Å². The molecule has 0 radical (unpaired) electrons. The molecule has 4 nitrogen and oxygen atoms in total. The highest BCUT2D eigenvalue weighted by atomic mass is 14.8. The van der Waals surface area contributed by atoms with Gasteiger partial charge in [-0.25, -0.2) is 0 Å². The van der Waals surface area contributed by atoms with Crippen LogP contribution in [0.25, 0.3) is 28.0 Å². The number of benzene rings is 1. The van der Waals surface area contributed by atoms with Crippen molar-refractivity contribution in [3.8, 4) is 22.4 Å². The number of aryl methyl sites for hydroxylation is 1. The SMILES string of the molecule is C/C=C(\C=C/C1=CC(C)(C)c2cc(-c3ccnc(-c4cccnc4C)c3)ccc21)C1C=C(/C(C)=C/C=C\NC)N=CC1.CC. The van der Waals surface area contributed by atoms with E-state index in [2.05, 4.69) is 121 Å². The number of fused-ring (bicyclic) bond motifs is 1. The van der Waals surface area contributed by atoms with E-state index in [0.717, 1.165) is 40.2 Å². The number of aliphatic imine (C=N–C) groups is 1. The zero-order chi connectivity index (χ0) is 31.7. The number of allylic oxidation sites excluding steroid dienone is 10. The summed E-state index contributed by atoms with van der Waals surface area (Å²) in [6.07, 6.45) is 24.2. The van der Waals surface area contributed by atoms with E-state index in [9.17, 15) is 0 Å². The van der Waals surface area contributed by atoms with Gasteiger partial charge in [0.2, 0.25) is 0 Å². The molecule has 0 saturated heterocycles. The number of nitrogens with one attached hydrogen (secondary N) is 1. The topological polar surface area (TPSA) is 50.2 Å². The Hall–Kier alpha value is -4.57. The van der Waals surface area contributed by atoms with Crippen LogP contribution in [-0.2, 0) is 5.41 Å². The summed E-state index contributed by atoms with van der Waals surface area (Å²) in [5.41, 5.74) is 12.7. The molecule has 0 amide bonds. The summed E-state index contributed by atoms with van der Waals surface area (Å²) in [5.74, 6) is 0.302. The van der Waals surface area contributed by atoms with E-state index in [1.54, 1.807) is 0 Å². The third-order valence-electron chi connectivity index (χ3n) is 8.10. The van der Waals surface area contributed by atoms with Gasteiger partial charge in [-0.2, -0.15) is 0 Å². The maximum Gasteiger partial charge on any atom is 0.0726 e. The van der Waals surface area contributed by atoms with Crippen LogP contribution < -0.4 is 5.32 Å². The highest BCUT2D eigenvalue weighted by Crippen LogP contribution is 2.43. The molecule has 5 rings (SSSR count). The van der Waals surface area contributed by atoms with Crippen molar-refractivity contribution >= 4 is 11.8 Å². The average Bonchev–Trinajstić information content (AvgIpc) is 3.31. The summed E-state index contributed by atoms with van der Waals surface area (Å²) in [5, 5.41) is 3.03. The van der Waals surface area contributed by atoms with E-state index in [1.807, 2.05) is 64.8 Å². The molecule has 3 heterocycles. The summed E-state index contributed by atoms with van der Waals surface area (Å²) in [6, 6.07) is 15.2. The van der Waals surface area contributed by atoms with Gasteiger partial charge >= 0.3 is 0 Å². The lowest BCUT2D eigenvalue weighted by molar-refractivity contribution is 0.683. The van der Waals surface area contributed by atoms with Crippen molar-refractivity contribution in [3.63, 3.8) is 0 Å². The zero-order valence-corrected chi connectivity index (χ0v) is 27.5. The molecule has 1 atom stereocenters. The van der Waals surface area contributed by atoms with Crippen LogP contribution in [0.2, 0.25) is 0 Å². The fourth-order valence-electron chi connectivity index (χ4n) is 5.73. The fourth-order valence-corrected chi connectivity index (χ4v) is 5.73. The first-order valence-electron chi connectivity index (χ1n) is 15.7. The van der Waals surface area contributed by atoms with Gasteiger partial charge in [0.15, 0.2) is 0 Å². The summed E-state index contributed by atoms with van der Waals surface area (Å²) in [7, 11) is 1.90. The first-order chi connectivity index (χ1) is 21.3. The maximum atomic E-state index is 4.67. The van der Waals surface area contributed by atoms with Crippen molar-refractivity contribution in [1.82, 2.24) is 15.3 Å². The lowest BCUT2D eigenvalue weighted by Gasteiger charge is -2.19. The van der Waals surface area contributed by atoms with Gasteiger partial charge in [0.25, 0.3) is 0 Å². The van der Waals surface area contributed by atoms with Gasteiger partial charge in [0, 0.05) is 48.2 Å². The second kappa shape index (κ2) is 14.7. The molecule has 2 aliphatic rings. The van der Waals surface area contributed by atoms with Crippen molar-refractivity contribution in [2.45, 2.75) is 60.3 Å². The molecule has 1 aromatic carbocycles. The monoisotopic (exact) mass is 582 g/mol. The first-order valence-corrected chi connectivity index (χ1v) is 15.7. The van der Waals surface area contributed by atoms with Crippen LogP contribution in [0, 0.1) is 12.8 Å². The second-order valence-electron chi connectivity index (χ2n) is 11.5. The minimum Gasteiger partial charge on any atom is -0.394 e. The Bertz CT molecular complexity index is 1690. The summed E-state index contributed by atoms with van der Waals surface area (Å²) in [6.45, 7) is 14.9. The fraction of sp³-hybridized carbons (Fsp3) is 0.275. The lowest BCUT2D eigenvalue weighted by atomic mass is 9.85. The molecule has 44 heavy (non-hydrogen) atoms. The van der Waals surface area contributed by atoms with E-state index in [-0.39, 0.29) is 5.41 Å². The molecule has 1 N–H and O–H groups in total. The van der Waals surface area contributed by atoms with Gasteiger partial charge < -0.3 is 5.32 Å². The Labute approximate surface area is 264 Å². The lowest BCUT2D eigenvalue weighted by Crippen LogP contribution is -2.10. The third-order valence-corrected chi connectivity index (χ3v) is 8.10. The van der Waals surface area contributed by atoms with E-state index < -0.39 is 0 Å². The number of rotatable bonds is 8. The minimum atomic E-state index is -0.0652. The molecule has 1 aliphatic carbocycles. The standard InChI is InChI=1S/C38H40N4.C2H6/c1-7-28(30-16-20-41-36(23-30)26(2)10-8-18-39-6)12-13-32-25-38(4,5)35-22-29(14-15-34(32)35)31-17-21-42-37(24-31)33-11-9-19-40-27(33)3;1-2/h7-15,17-25,30,39H,16H2,1-6H3;1-2H3/b13-12-,18-8-,26-10+,28-7+;. The molecule has 1 aliphatic heterocycles. The number of aromatic nitrogens is 2. The highest BCUT2D eigenvalue weighted by Gasteiger charge is 2.29. The average molecular weight is 583 g/mol. The van der Waals surface area contributed by atoms with Crippen LogP contribution in [0.3, 0.4) is 0 Å². The molecule has 0 bridgehead atoms. The van der Waals surface area contributed by atoms with Gasteiger partial charge in [-0.05, 0) is 109 Å². The summed E-state index contributed by atoms with van der Waals surface area (Å²) in [4.78, 5) is 13.8. The molecule has 1 unspecified atom stereocenters. The Morgan fingerprint density at radius 3 is 2.55 bits per heavy atom. The Balaban J connectivity index is 0.00000216. The van der Waals surface area contributed by atoms with Crippen molar-refractivity contribution in [3.05, 3.63) is 137 Å². The van der Waals surface area contributed by atoms with Gasteiger partial charge in [-0.1, -0.05) is 76.3 Å². The predicted molar refractivity (Wildman–Crippen MR) is 190 cm³/mol. The maximum absolute atomic E-state index is 4.67. The number of nitrogens with zero attached hydrogens (tertiary/aromatic N) is 3. The number of pyridine rings is 2. The van der Waals surface area contributed by atoms with Crippen LogP contribution in [0.5, 0.6) is 0 Å². The largest absolute Gasteiger partial charge is 0.394 e. The van der Waals surface area contributed by atoms with Gasteiger partial charge in [0.1, 0.15) is 0 Å². The third kappa shape index (κ3) is 7.31. The molecule has 226 valence electrons. The van der Waals surface area contributed by atoms with Crippen molar-refractivity contribution < 1.29 is 0 Å². The van der Waals surface area contributed by atoms with E-state index >= 15 is 0 Å². The van der Waals surface area contributed by atoms with Gasteiger partial charge in [-0.15, -0.1) is 0 Å². The summed E-state index contributed by atoms with van der Waals surface area (Å²) >= 11 is 0. The first kappa shape index (κ1) is 32.3. The summed E-state index contributed by atoms with van der Waals surface area (Å²) < 4.78 is 0. The number of hydrogen-bond donors (Lipinski definition) is 1. The van der Waals surface area contributed by atoms with E-state index in [4.69, 9.17) is 0 Å². The van der Waals surface area contributed by atoms with Crippen molar-refractivity contribution in [2.24, 2.45) is 10.9 Å². The minimum absolute atomic E-state index is 0.0652. The van der Waals surface area contributed by atoms with Crippen molar-refractivity contribution in [2.75, 3.05) is 7.05 Å². The second-order valence-corrected chi connectivity index (χ2v) is 11.5. The van der Waals surface area contributed by atoms with Crippen LogP contribution in [0.15, 0.2) is 125 Å². The smallest absolute Gasteiger partial charge is 0.0726 e. The molecule has 3 aromatic rings. The van der Waals surface area contributed by atoms with Crippen LogP contribution >= 0.6 is 0 Å². The molecule has 0 spiro atoms. The Morgan fingerprint density at radius 2 is 1.80 bits per heavy atom. The van der Waals surface area contributed by atoms with Crippen LogP contribution in [0.4, 0.5) is 0 Å². The predicted octanol–water partition coefficient (Wildman–Crippen LogP) is 9.98. The number of hydrogen-bond acceptors (Lipinski definition) is 4. The Morgan fingerprint density at radius 1 is 1.00 bits per heavy atom. The molecule has 4 heteroatoms. The van der Waals surface area contributed by atoms with Crippen LogP contribution in [0.1, 0.15) is 64.8 Å². The van der Waals surface area contributed by atoms with E-state index in [0.29, 0.717) is 5.92 Å². The highest BCUT2D eigenvalue weighted by molar-refractivity contribution is 5.85. The molecular weight excluding hydrogens is 536 g/mol. The molecule has 2 aromatic heterocycles. The van der Waals surface area contributed by atoms with E-state index in [1.165, 1.54) is 27.8 Å². The normalized spacial score (nSPS) is 17.7. The van der Waals surface area contributed by atoms with Gasteiger partial charge in [0.05, 0.1) is 11.4 Å². The molecule has 0 saturated carbocycles. The zero-order valence-electron chi connectivity index (χ0n) is 27.5. The van der Waals surface area contributed by atoms with Crippen LogP contribution in [-0.4, -0.2) is 23.2 Å². The Kier molecular flexibility index (Phi) is 10.8. The van der Waals surface area contributed by atoms with Crippen molar-refractivity contribution in [1.29, 1.82) is 0 Å². The molecule has 0 fully saturated rings.